The van der Waals surface area contributed by atoms with Crippen LogP contribution in [0, 0.1) is 0 Å². The Bertz CT molecular complexity index is 584. The lowest BCUT2D eigenvalue weighted by Gasteiger charge is -2.11. The minimum atomic E-state index is -0.200. The molecule has 3 N–H and O–H groups in total. The van der Waals surface area contributed by atoms with Gasteiger partial charge in [0.1, 0.15) is 0 Å². The number of hydrogen-bond donors (Lipinski definition) is 2. The lowest BCUT2D eigenvalue weighted by atomic mass is 10.1. The second-order valence-electron chi connectivity index (χ2n) is 4.21. The molecule has 2 rings (SSSR count). The van der Waals surface area contributed by atoms with Crippen LogP contribution in [0.5, 0.6) is 0 Å². The number of ether oxygens (including phenoxy) is 1. The van der Waals surface area contributed by atoms with E-state index in [-0.39, 0.29) is 5.97 Å². The van der Waals surface area contributed by atoms with E-state index in [0.29, 0.717) is 25.1 Å². The fourth-order valence-electron chi connectivity index (χ4n) is 1.90. The van der Waals surface area contributed by atoms with E-state index in [1.54, 1.807) is 6.20 Å². The molecular formula is C14H17N3O2. The molecule has 0 amide bonds. The molecule has 19 heavy (non-hydrogen) atoms. The lowest BCUT2D eigenvalue weighted by molar-refractivity contribution is -0.140. The van der Waals surface area contributed by atoms with Gasteiger partial charge < -0.3 is 15.8 Å². The van der Waals surface area contributed by atoms with Gasteiger partial charge in [-0.25, -0.2) is 0 Å². The van der Waals surface area contributed by atoms with Crippen LogP contribution >= 0.6 is 0 Å². The van der Waals surface area contributed by atoms with Crippen molar-refractivity contribution in [3.63, 3.8) is 0 Å². The summed E-state index contributed by atoms with van der Waals surface area (Å²) in [6.07, 6.45) is 2.74. The molecule has 0 atom stereocenters. The molecular weight excluding hydrogens is 242 g/mol. The van der Waals surface area contributed by atoms with Crippen molar-refractivity contribution in [1.82, 2.24) is 4.98 Å². The van der Waals surface area contributed by atoms with Gasteiger partial charge >= 0.3 is 5.97 Å². The van der Waals surface area contributed by atoms with Gasteiger partial charge in [0.05, 0.1) is 30.2 Å². The molecule has 1 aromatic carbocycles. The number of aromatic nitrogens is 1. The van der Waals surface area contributed by atoms with Gasteiger partial charge in [-0.15, -0.1) is 0 Å². The van der Waals surface area contributed by atoms with Gasteiger partial charge in [0.25, 0.3) is 0 Å². The Balaban J connectivity index is 2.07. The lowest BCUT2D eigenvalue weighted by Crippen LogP contribution is -2.08. The number of pyridine rings is 1. The van der Waals surface area contributed by atoms with E-state index >= 15 is 0 Å². The smallest absolute Gasteiger partial charge is 0.305 e. The normalized spacial score (nSPS) is 10.4. The van der Waals surface area contributed by atoms with E-state index in [2.05, 4.69) is 15.0 Å². The van der Waals surface area contributed by atoms with Crippen molar-refractivity contribution in [1.29, 1.82) is 0 Å². The minimum absolute atomic E-state index is 0.200. The second kappa shape index (κ2) is 6.04. The van der Waals surface area contributed by atoms with Crippen molar-refractivity contribution in [3.8, 4) is 0 Å². The summed E-state index contributed by atoms with van der Waals surface area (Å²) in [5.41, 5.74) is 8.31. The van der Waals surface area contributed by atoms with Gasteiger partial charge in [0.15, 0.2) is 0 Å². The van der Waals surface area contributed by atoms with Gasteiger partial charge in [0.2, 0.25) is 0 Å². The zero-order valence-electron chi connectivity index (χ0n) is 10.8. The van der Waals surface area contributed by atoms with Crippen LogP contribution in [-0.2, 0) is 9.53 Å². The van der Waals surface area contributed by atoms with Crippen molar-refractivity contribution in [3.05, 3.63) is 30.5 Å². The molecule has 0 bridgehead atoms. The maximum Gasteiger partial charge on any atom is 0.305 e. The number of esters is 1. The molecule has 0 radical (unpaired) electrons. The molecule has 0 saturated carbocycles. The highest BCUT2D eigenvalue weighted by molar-refractivity contribution is 5.96. The molecule has 0 unspecified atom stereocenters. The van der Waals surface area contributed by atoms with Crippen LogP contribution in [0.3, 0.4) is 0 Å². The number of anilines is 2. The number of nitrogens with one attached hydrogen (secondary N) is 1. The van der Waals surface area contributed by atoms with Crippen LogP contribution in [0.15, 0.2) is 30.5 Å². The van der Waals surface area contributed by atoms with Gasteiger partial charge in [-0.3, -0.25) is 9.78 Å². The molecule has 1 aromatic heterocycles. The quantitative estimate of drug-likeness (QED) is 0.635. The predicted molar refractivity (Wildman–Crippen MR) is 75.9 cm³/mol. The monoisotopic (exact) mass is 259 g/mol. The van der Waals surface area contributed by atoms with Crippen molar-refractivity contribution in [2.75, 3.05) is 24.7 Å². The fraction of sp³-hybridized carbons (Fsp3) is 0.286. The summed E-state index contributed by atoms with van der Waals surface area (Å²) in [4.78, 5) is 15.3. The van der Waals surface area contributed by atoms with Gasteiger partial charge in [-0.05, 0) is 12.5 Å². The van der Waals surface area contributed by atoms with E-state index in [1.165, 1.54) is 7.11 Å². The van der Waals surface area contributed by atoms with Crippen LogP contribution in [0.4, 0.5) is 11.4 Å². The Hall–Kier alpha value is -2.30. The highest BCUT2D eigenvalue weighted by atomic mass is 16.5. The molecule has 5 nitrogen and oxygen atoms in total. The van der Waals surface area contributed by atoms with Gasteiger partial charge in [-0.1, -0.05) is 18.2 Å². The number of nitrogen functional groups attached to an aromatic ring is 1. The summed E-state index contributed by atoms with van der Waals surface area (Å²) in [7, 11) is 1.39. The fourth-order valence-corrected chi connectivity index (χ4v) is 1.90. The van der Waals surface area contributed by atoms with Crippen molar-refractivity contribution >= 4 is 28.2 Å². The molecule has 0 aliphatic carbocycles. The standard InChI is InChI=1S/C14H17N3O2/c1-19-13(18)7-4-8-16-14-10-5-2-3-6-12(10)17-9-11(14)15/h2-3,5-6,9H,4,7-8,15H2,1H3,(H,16,17). The Morgan fingerprint density at radius 2 is 2.21 bits per heavy atom. The summed E-state index contributed by atoms with van der Waals surface area (Å²) < 4.78 is 4.60. The zero-order valence-corrected chi connectivity index (χ0v) is 10.8. The number of rotatable bonds is 5. The topological polar surface area (TPSA) is 77.2 Å². The summed E-state index contributed by atoms with van der Waals surface area (Å²) in [6.45, 7) is 0.660. The first-order valence-electron chi connectivity index (χ1n) is 6.16. The first kappa shape index (κ1) is 13.1. The van der Waals surface area contributed by atoms with E-state index < -0.39 is 0 Å². The zero-order chi connectivity index (χ0) is 13.7. The predicted octanol–water partition coefficient (Wildman–Crippen LogP) is 2.18. The van der Waals surface area contributed by atoms with Crippen molar-refractivity contribution < 1.29 is 9.53 Å². The number of hydrogen-bond acceptors (Lipinski definition) is 5. The second-order valence-corrected chi connectivity index (χ2v) is 4.21. The molecule has 0 saturated heterocycles. The Kier molecular flexibility index (Phi) is 4.18. The first-order valence-corrected chi connectivity index (χ1v) is 6.16. The van der Waals surface area contributed by atoms with E-state index in [4.69, 9.17) is 5.73 Å². The molecule has 0 aliphatic heterocycles. The summed E-state index contributed by atoms with van der Waals surface area (Å²) in [6, 6.07) is 7.80. The number of nitrogens with two attached hydrogens (primary N) is 1. The van der Waals surface area contributed by atoms with E-state index in [1.807, 2.05) is 24.3 Å². The number of benzene rings is 1. The van der Waals surface area contributed by atoms with Crippen molar-refractivity contribution in [2.45, 2.75) is 12.8 Å². The highest BCUT2D eigenvalue weighted by Crippen LogP contribution is 2.27. The number of carbonyl (C=O) groups is 1. The molecule has 0 aliphatic rings. The maximum absolute atomic E-state index is 11.0. The maximum atomic E-state index is 11.0. The molecule has 100 valence electrons. The van der Waals surface area contributed by atoms with Crippen LogP contribution in [0.2, 0.25) is 0 Å². The third-order valence-corrected chi connectivity index (χ3v) is 2.89. The number of carbonyl (C=O) groups excluding carboxylic acids is 1. The Morgan fingerprint density at radius 3 is 3.00 bits per heavy atom. The molecule has 1 heterocycles. The molecule has 5 heteroatoms. The highest BCUT2D eigenvalue weighted by Gasteiger charge is 2.06. The van der Waals surface area contributed by atoms with Crippen molar-refractivity contribution in [2.24, 2.45) is 0 Å². The van der Waals surface area contributed by atoms with Crippen LogP contribution in [0.25, 0.3) is 10.9 Å². The Labute approximate surface area is 111 Å². The molecule has 0 spiro atoms. The number of nitrogens with zero attached hydrogens (tertiary/aromatic N) is 1. The third kappa shape index (κ3) is 3.13. The minimum Gasteiger partial charge on any atom is -0.469 e. The third-order valence-electron chi connectivity index (χ3n) is 2.89. The largest absolute Gasteiger partial charge is 0.469 e. The van der Waals surface area contributed by atoms with Crippen LogP contribution in [-0.4, -0.2) is 24.6 Å². The van der Waals surface area contributed by atoms with Gasteiger partial charge in [-0.2, -0.15) is 0 Å². The summed E-state index contributed by atoms with van der Waals surface area (Å²) >= 11 is 0. The average Bonchev–Trinajstić information content (AvgIpc) is 2.45. The number of methoxy groups -OCH3 is 1. The average molecular weight is 259 g/mol. The van der Waals surface area contributed by atoms with E-state index in [9.17, 15) is 4.79 Å². The van der Waals surface area contributed by atoms with Gasteiger partial charge in [0, 0.05) is 18.4 Å². The van der Waals surface area contributed by atoms with Crippen LogP contribution in [0.1, 0.15) is 12.8 Å². The number of fused-ring (bicyclic) bond motifs is 1. The summed E-state index contributed by atoms with van der Waals surface area (Å²) in [5, 5.41) is 4.25. The van der Waals surface area contributed by atoms with Crippen LogP contribution < -0.4 is 11.1 Å². The molecule has 2 aromatic rings. The number of para-hydroxylation sites is 1. The Morgan fingerprint density at radius 1 is 1.42 bits per heavy atom. The van der Waals surface area contributed by atoms with E-state index in [0.717, 1.165) is 16.6 Å². The SMILES string of the molecule is COC(=O)CCCNc1c(N)cnc2ccccc12. The summed E-state index contributed by atoms with van der Waals surface area (Å²) in [5.74, 6) is -0.200. The first-order chi connectivity index (χ1) is 9.22. The molecule has 0 fully saturated rings.